The van der Waals surface area contributed by atoms with Gasteiger partial charge in [-0.15, -0.1) is 0 Å². The van der Waals surface area contributed by atoms with Crippen molar-refractivity contribution in [3.05, 3.63) is 52.6 Å². The molecule has 2 heterocycles. The first-order chi connectivity index (χ1) is 13.5. The highest BCUT2D eigenvalue weighted by atomic mass is 19.1. The van der Waals surface area contributed by atoms with Crippen LogP contribution in [0.2, 0.25) is 0 Å². The lowest BCUT2D eigenvalue weighted by Crippen LogP contribution is -2.33. The summed E-state index contributed by atoms with van der Waals surface area (Å²) in [6, 6.07) is 5.31. The fourth-order valence-corrected chi connectivity index (χ4v) is 3.80. The Hall–Kier alpha value is -2.70. The molecule has 1 fully saturated rings. The molecule has 0 saturated heterocycles. The summed E-state index contributed by atoms with van der Waals surface area (Å²) in [4.78, 5) is 23.8. The van der Waals surface area contributed by atoms with Gasteiger partial charge in [-0.05, 0) is 49.1 Å². The van der Waals surface area contributed by atoms with E-state index in [1.165, 1.54) is 6.92 Å². The Labute approximate surface area is 163 Å². The smallest absolute Gasteiger partial charge is 0.255 e. The minimum Gasteiger partial charge on any atom is -0.356 e. The van der Waals surface area contributed by atoms with E-state index in [2.05, 4.69) is 15.7 Å². The first kappa shape index (κ1) is 18.7. The number of benzene rings is 1. The Morgan fingerprint density at radius 3 is 2.79 bits per heavy atom. The average Bonchev–Trinajstić information content (AvgIpc) is 3.44. The zero-order valence-electron chi connectivity index (χ0n) is 16.0. The van der Waals surface area contributed by atoms with Crippen molar-refractivity contribution < 1.29 is 14.0 Å². The second-order valence-corrected chi connectivity index (χ2v) is 7.83. The first-order valence-electron chi connectivity index (χ1n) is 9.87. The van der Waals surface area contributed by atoms with Crippen LogP contribution in [0.15, 0.2) is 24.4 Å². The fourth-order valence-electron chi connectivity index (χ4n) is 3.80. The molecule has 1 aliphatic carbocycles. The Kier molecular flexibility index (Phi) is 5.15. The van der Waals surface area contributed by atoms with E-state index in [4.69, 9.17) is 0 Å². The van der Waals surface area contributed by atoms with Crippen LogP contribution < -0.4 is 10.6 Å². The molecular weight excluding hydrogens is 359 g/mol. The van der Waals surface area contributed by atoms with Crippen LogP contribution in [0, 0.1) is 11.7 Å². The van der Waals surface area contributed by atoms with Gasteiger partial charge in [0.15, 0.2) is 0 Å². The third-order valence-electron chi connectivity index (χ3n) is 5.63. The van der Waals surface area contributed by atoms with E-state index in [0.717, 1.165) is 37.1 Å². The van der Waals surface area contributed by atoms with Crippen LogP contribution in [0.1, 0.15) is 59.3 Å². The molecular formula is C21H25FN4O2. The van der Waals surface area contributed by atoms with Gasteiger partial charge in [-0.2, -0.15) is 5.10 Å². The van der Waals surface area contributed by atoms with Gasteiger partial charge in [-0.3, -0.25) is 14.3 Å². The molecule has 1 atom stereocenters. The summed E-state index contributed by atoms with van der Waals surface area (Å²) in [5, 5.41) is 9.98. The Morgan fingerprint density at radius 2 is 2.07 bits per heavy atom. The van der Waals surface area contributed by atoms with Gasteiger partial charge in [0, 0.05) is 32.1 Å². The van der Waals surface area contributed by atoms with E-state index in [1.807, 2.05) is 10.7 Å². The number of rotatable bonds is 6. The zero-order valence-corrected chi connectivity index (χ0v) is 16.0. The van der Waals surface area contributed by atoms with Crippen molar-refractivity contribution in [1.29, 1.82) is 0 Å². The number of nitrogens with zero attached hydrogens (tertiary/aromatic N) is 2. The molecule has 0 bridgehead atoms. The molecule has 1 unspecified atom stereocenters. The minimum absolute atomic E-state index is 0.0493. The van der Waals surface area contributed by atoms with Crippen molar-refractivity contribution >= 4 is 11.8 Å². The number of halogens is 1. The van der Waals surface area contributed by atoms with Gasteiger partial charge in [0.1, 0.15) is 5.82 Å². The predicted molar refractivity (Wildman–Crippen MR) is 102 cm³/mol. The Balaban J connectivity index is 1.39. The number of hydrogen-bond donors (Lipinski definition) is 2. The number of fused-ring (bicyclic) bond motifs is 1. The topological polar surface area (TPSA) is 76.0 Å². The van der Waals surface area contributed by atoms with Crippen LogP contribution in [-0.2, 0) is 24.3 Å². The lowest BCUT2D eigenvalue weighted by Gasteiger charge is -2.24. The molecule has 1 aliphatic heterocycles. The van der Waals surface area contributed by atoms with Crippen LogP contribution in [0.3, 0.4) is 0 Å². The van der Waals surface area contributed by atoms with E-state index in [1.54, 1.807) is 18.3 Å². The first-order valence-corrected chi connectivity index (χ1v) is 9.87. The van der Waals surface area contributed by atoms with Gasteiger partial charge in [-0.25, -0.2) is 4.39 Å². The van der Waals surface area contributed by atoms with Crippen molar-refractivity contribution in [1.82, 2.24) is 20.4 Å². The number of aryl methyl sites for hydroxylation is 1. The molecule has 28 heavy (non-hydrogen) atoms. The summed E-state index contributed by atoms with van der Waals surface area (Å²) >= 11 is 0. The molecule has 2 amide bonds. The molecule has 1 saturated carbocycles. The van der Waals surface area contributed by atoms with Crippen LogP contribution in [0.4, 0.5) is 4.39 Å². The van der Waals surface area contributed by atoms with Gasteiger partial charge in [0.25, 0.3) is 5.91 Å². The second-order valence-electron chi connectivity index (χ2n) is 7.83. The normalized spacial score (nSPS) is 18.4. The van der Waals surface area contributed by atoms with Gasteiger partial charge < -0.3 is 10.6 Å². The molecule has 1 aromatic heterocycles. The van der Waals surface area contributed by atoms with E-state index >= 15 is 0 Å². The van der Waals surface area contributed by atoms with Crippen molar-refractivity contribution in [2.24, 2.45) is 5.92 Å². The van der Waals surface area contributed by atoms with Gasteiger partial charge in [0.05, 0.1) is 17.5 Å². The predicted octanol–water partition coefficient (Wildman–Crippen LogP) is 2.53. The molecule has 148 valence electrons. The van der Waals surface area contributed by atoms with Crippen molar-refractivity contribution in [3.63, 3.8) is 0 Å². The number of hydrogen-bond acceptors (Lipinski definition) is 3. The maximum atomic E-state index is 14.3. The zero-order chi connectivity index (χ0) is 19.7. The highest BCUT2D eigenvalue weighted by Gasteiger charge is 2.26. The van der Waals surface area contributed by atoms with Crippen molar-refractivity contribution in [2.75, 3.05) is 6.54 Å². The lowest BCUT2D eigenvalue weighted by molar-refractivity contribution is -0.119. The Morgan fingerprint density at radius 1 is 1.25 bits per heavy atom. The van der Waals surface area contributed by atoms with Crippen LogP contribution in [0.5, 0.6) is 0 Å². The lowest BCUT2D eigenvalue weighted by atomic mass is 9.94. The van der Waals surface area contributed by atoms with Crippen LogP contribution >= 0.6 is 0 Å². The fraction of sp³-hybridized carbons (Fsp3) is 0.476. The minimum atomic E-state index is -0.267. The number of aromatic nitrogens is 2. The summed E-state index contributed by atoms with van der Waals surface area (Å²) in [6.07, 6.45) is 5.44. The molecule has 0 spiro atoms. The molecule has 0 radical (unpaired) electrons. The monoisotopic (exact) mass is 384 g/mol. The second kappa shape index (κ2) is 7.73. The highest BCUT2D eigenvalue weighted by molar-refractivity contribution is 5.95. The molecule has 2 N–H and O–H groups in total. The molecule has 7 heteroatoms. The standard InChI is InChI=1S/C21H25FN4O2/c1-13(27)23-10-14-6-7-26-20(8-14)18(12-25-26)21(28)24-11-17-5-4-16(9-19(17)22)15-2-3-15/h4-5,9,12,14-15H,2-3,6-8,10-11H2,1H3,(H,23,27)(H,24,28). The summed E-state index contributed by atoms with van der Waals surface area (Å²) in [5.41, 5.74) is 2.94. The summed E-state index contributed by atoms with van der Waals surface area (Å²) in [5.74, 6) is 0.227. The van der Waals surface area contributed by atoms with Crippen LogP contribution in [0.25, 0.3) is 0 Å². The van der Waals surface area contributed by atoms with E-state index < -0.39 is 0 Å². The number of carbonyl (C=O) groups is 2. The Bertz CT molecular complexity index is 904. The van der Waals surface area contributed by atoms with Crippen molar-refractivity contribution in [3.8, 4) is 0 Å². The largest absolute Gasteiger partial charge is 0.356 e. The molecule has 2 aliphatic rings. The summed E-state index contributed by atoms with van der Waals surface area (Å²) < 4.78 is 16.2. The maximum absolute atomic E-state index is 14.3. The molecule has 1 aromatic carbocycles. The van der Waals surface area contributed by atoms with Gasteiger partial charge >= 0.3 is 0 Å². The van der Waals surface area contributed by atoms with E-state index in [9.17, 15) is 14.0 Å². The maximum Gasteiger partial charge on any atom is 0.255 e. The van der Waals surface area contributed by atoms with Crippen LogP contribution in [-0.4, -0.2) is 28.1 Å². The molecule has 2 aromatic rings. The van der Waals surface area contributed by atoms with Crippen molar-refractivity contribution in [2.45, 2.75) is 51.6 Å². The van der Waals surface area contributed by atoms with E-state index in [0.29, 0.717) is 30.0 Å². The number of amides is 2. The number of carbonyl (C=O) groups excluding carboxylic acids is 2. The van der Waals surface area contributed by atoms with Gasteiger partial charge in [-0.1, -0.05) is 12.1 Å². The van der Waals surface area contributed by atoms with Gasteiger partial charge in [0.2, 0.25) is 5.91 Å². The third-order valence-corrected chi connectivity index (χ3v) is 5.63. The average molecular weight is 384 g/mol. The quantitative estimate of drug-likeness (QED) is 0.804. The summed E-state index contributed by atoms with van der Waals surface area (Å²) in [7, 11) is 0. The molecule has 6 nitrogen and oxygen atoms in total. The van der Waals surface area contributed by atoms with E-state index in [-0.39, 0.29) is 30.1 Å². The SMILES string of the molecule is CC(=O)NCC1CCn2ncc(C(=O)NCc3ccc(C4CC4)cc3F)c2C1. The highest BCUT2D eigenvalue weighted by Crippen LogP contribution is 2.40. The molecule has 4 rings (SSSR count). The third kappa shape index (κ3) is 4.08. The number of nitrogens with one attached hydrogen (secondary N) is 2. The summed E-state index contributed by atoms with van der Waals surface area (Å²) in [6.45, 7) is 2.97.